The van der Waals surface area contributed by atoms with E-state index in [4.69, 9.17) is 10.8 Å². The molecule has 0 aromatic rings. The van der Waals surface area contributed by atoms with E-state index in [-0.39, 0.29) is 17.5 Å². The Balaban J connectivity index is 3.73. The second-order valence-electron chi connectivity index (χ2n) is 3.64. The van der Waals surface area contributed by atoms with Gasteiger partial charge in [0.05, 0.1) is 5.75 Å². The molecule has 0 aromatic heterocycles. The normalized spacial score (nSPS) is 12.0. The van der Waals surface area contributed by atoms with Crippen LogP contribution in [0.2, 0.25) is 0 Å². The second kappa shape index (κ2) is 7.91. The fraction of sp³-hybridized carbons (Fsp3) is 0.667. The van der Waals surface area contributed by atoms with Crippen molar-refractivity contribution in [1.82, 2.24) is 10.6 Å². The zero-order valence-corrected chi connectivity index (χ0v) is 10.5. The third kappa shape index (κ3) is 8.52. The Kier molecular flexibility index (Phi) is 7.31. The minimum atomic E-state index is -1.12. The van der Waals surface area contributed by atoms with Crippen LogP contribution in [0.1, 0.15) is 13.8 Å². The highest BCUT2D eigenvalue weighted by Crippen LogP contribution is 2.01. The third-order valence-corrected chi connectivity index (χ3v) is 2.58. The average molecular weight is 263 g/mol. The summed E-state index contributed by atoms with van der Waals surface area (Å²) in [6.07, 6.45) is 0. The maximum absolute atomic E-state index is 11.2. The molecule has 0 bridgehead atoms. The molecule has 5 N–H and O–H groups in total. The first-order valence-corrected chi connectivity index (χ1v) is 6.15. The molecule has 1 atom stereocenters. The van der Waals surface area contributed by atoms with E-state index in [0.717, 1.165) is 11.8 Å². The van der Waals surface area contributed by atoms with Gasteiger partial charge in [-0.2, -0.15) is 0 Å². The summed E-state index contributed by atoms with van der Waals surface area (Å²) in [5.74, 6) is -1.48. The predicted octanol–water partition coefficient (Wildman–Crippen LogP) is -0.634. The molecule has 0 rings (SSSR count). The smallest absolute Gasteiger partial charge is 0.321 e. The van der Waals surface area contributed by atoms with E-state index in [1.54, 1.807) is 13.8 Å². The van der Waals surface area contributed by atoms with Crippen molar-refractivity contribution in [3.05, 3.63) is 0 Å². The van der Waals surface area contributed by atoms with Crippen LogP contribution in [0.25, 0.3) is 0 Å². The lowest BCUT2D eigenvalue weighted by atomic mass is 10.4. The number of carbonyl (C=O) groups excluding carboxylic acids is 2. The summed E-state index contributed by atoms with van der Waals surface area (Å²) < 4.78 is 0. The van der Waals surface area contributed by atoms with Crippen LogP contribution < -0.4 is 16.4 Å². The third-order valence-electron chi connectivity index (χ3n) is 1.52. The number of carboxylic acid groups (broad SMARTS) is 1. The number of nitrogens with two attached hydrogens (primary N) is 1. The number of carboxylic acids is 1. The zero-order valence-electron chi connectivity index (χ0n) is 9.73. The van der Waals surface area contributed by atoms with Crippen molar-refractivity contribution in [2.75, 3.05) is 11.5 Å². The van der Waals surface area contributed by atoms with Crippen LogP contribution in [-0.2, 0) is 9.59 Å². The summed E-state index contributed by atoms with van der Waals surface area (Å²) in [4.78, 5) is 32.7. The van der Waals surface area contributed by atoms with Gasteiger partial charge < -0.3 is 16.2 Å². The molecule has 0 saturated heterocycles. The van der Waals surface area contributed by atoms with Crippen LogP contribution in [0.4, 0.5) is 4.79 Å². The number of hydrogen-bond donors (Lipinski definition) is 4. The van der Waals surface area contributed by atoms with Crippen LogP contribution >= 0.6 is 11.8 Å². The number of hydrogen-bond acceptors (Lipinski definition) is 5. The maximum Gasteiger partial charge on any atom is 0.321 e. The van der Waals surface area contributed by atoms with Gasteiger partial charge in [0.15, 0.2) is 0 Å². The van der Waals surface area contributed by atoms with Crippen LogP contribution in [0.3, 0.4) is 0 Å². The molecular weight excluding hydrogens is 246 g/mol. The zero-order chi connectivity index (χ0) is 13.4. The van der Waals surface area contributed by atoms with Crippen molar-refractivity contribution in [1.29, 1.82) is 0 Å². The number of carbonyl (C=O) groups is 3. The van der Waals surface area contributed by atoms with Crippen LogP contribution in [-0.4, -0.2) is 46.6 Å². The van der Waals surface area contributed by atoms with Gasteiger partial charge in [-0.25, -0.2) is 4.79 Å². The van der Waals surface area contributed by atoms with Crippen LogP contribution in [0, 0.1) is 0 Å². The summed E-state index contributed by atoms with van der Waals surface area (Å²) in [5.41, 5.74) is 5.24. The summed E-state index contributed by atoms with van der Waals surface area (Å²) in [6, 6.07) is -1.62. The molecule has 7 nitrogen and oxygen atoms in total. The molecular formula is C9H17N3O4S. The molecule has 0 aliphatic carbocycles. The Hall–Kier alpha value is -1.28. The minimum absolute atomic E-state index is 0.00745. The monoisotopic (exact) mass is 263 g/mol. The molecule has 8 heteroatoms. The number of aliphatic carboxylic acids is 1. The van der Waals surface area contributed by atoms with Crippen molar-refractivity contribution in [3.8, 4) is 0 Å². The van der Waals surface area contributed by atoms with Gasteiger partial charge in [0.2, 0.25) is 5.91 Å². The van der Waals surface area contributed by atoms with E-state index < -0.39 is 23.9 Å². The largest absolute Gasteiger partial charge is 0.480 e. The fourth-order valence-corrected chi connectivity index (χ4v) is 1.58. The van der Waals surface area contributed by atoms with Crippen molar-refractivity contribution >= 4 is 29.7 Å². The fourth-order valence-electron chi connectivity index (χ4n) is 0.811. The Bertz CT molecular complexity index is 296. The number of amides is 3. The minimum Gasteiger partial charge on any atom is -0.480 e. The lowest BCUT2D eigenvalue weighted by Gasteiger charge is -2.09. The highest BCUT2D eigenvalue weighted by atomic mass is 32.2. The van der Waals surface area contributed by atoms with Crippen LogP contribution in [0.5, 0.6) is 0 Å². The second-order valence-corrected chi connectivity index (χ2v) is 4.67. The lowest BCUT2D eigenvalue weighted by Crippen LogP contribution is -2.43. The van der Waals surface area contributed by atoms with Crippen molar-refractivity contribution < 1.29 is 19.5 Å². The van der Waals surface area contributed by atoms with Gasteiger partial charge in [-0.3, -0.25) is 14.9 Å². The molecule has 1 unspecified atom stereocenters. The number of imide groups is 1. The number of rotatable bonds is 6. The molecule has 0 saturated carbocycles. The van der Waals surface area contributed by atoms with Gasteiger partial charge in [-0.05, 0) is 13.8 Å². The van der Waals surface area contributed by atoms with Crippen molar-refractivity contribution in [2.24, 2.45) is 5.73 Å². The van der Waals surface area contributed by atoms with Gasteiger partial charge >= 0.3 is 12.0 Å². The van der Waals surface area contributed by atoms with Gasteiger partial charge in [-0.15, -0.1) is 11.8 Å². The highest BCUT2D eigenvalue weighted by Gasteiger charge is 2.13. The Morgan fingerprint density at radius 2 is 1.94 bits per heavy atom. The average Bonchev–Trinajstić information content (AvgIpc) is 2.15. The first-order valence-electron chi connectivity index (χ1n) is 4.99. The summed E-state index contributed by atoms with van der Waals surface area (Å²) >= 11 is 1.06. The maximum atomic E-state index is 11.2. The Morgan fingerprint density at radius 1 is 1.35 bits per heavy atom. The Labute approximate surface area is 104 Å². The van der Waals surface area contributed by atoms with Gasteiger partial charge in [0.1, 0.15) is 6.04 Å². The molecule has 17 heavy (non-hydrogen) atoms. The summed E-state index contributed by atoms with van der Waals surface area (Å²) in [7, 11) is 0. The number of thioether (sulfide) groups is 1. The predicted molar refractivity (Wildman–Crippen MR) is 64.7 cm³/mol. The summed E-state index contributed by atoms with van der Waals surface area (Å²) in [6.45, 7) is 3.54. The summed E-state index contributed by atoms with van der Waals surface area (Å²) in [5, 5.41) is 13.1. The SMILES string of the molecule is CC(C)NC(=O)NC(=O)CSCC(N)C(=O)O. The van der Waals surface area contributed by atoms with E-state index in [9.17, 15) is 14.4 Å². The van der Waals surface area contributed by atoms with E-state index in [1.165, 1.54) is 0 Å². The van der Waals surface area contributed by atoms with Crippen LogP contribution in [0.15, 0.2) is 0 Å². The number of urea groups is 1. The molecule has 98 valence electrons. The van der Waals surface area contributed by atoms with Gasteiger partial charge in [-0.1, -0.05) is 0 Å². The van der Waals surface area contributed by atoms with Crippen molar-refractivity contribution in [3.63, 3.8) is 0 Å². The number of nitrogens with one attached hydrogen (secondary N) is 2. The van der Waals surface area contributed by atoms with Gasteiger partial charge in [0.25, 0.3) is 0 Å². The van der Waals surface area contributed by atoms with E-state index >= 15 is 0 Å². The first-order chi connectivity index (χ1) is 7.82. The molecule has 0 spiro atoms. The standard InChI is InChI=1S/C9H17N3O4S/c1-5(2)11-9(16)12-7(13)4-17-3-6(10)8(14)15/h5-6H,3-4,10H2,1-2H3,(H,14,15)(H2,11,12,13,16). The molecule has 0 aliphatic heterocycles. The molecule has 0 heterocycles. The van der Waals surface area contributed by atoms with E-state index in [2.05, 4.69) is 10.6 Å². The quantitative estimate of drug-likeness (QED) is 0.506. The molecule has 0 radical (unpaired) electrons. The molecule has 0 aromatic carbocycles. The lowest BCUT2D eigenvalue weighted by molar-refractivity contribution is -0.138. The first kappa shape index (κ1) is 15.7. The molecule has 0 fully saturated rings. The molecule has 3 amide bonds. The highest BCUT2D eigenvalue weighted by molar-refractivity contribution is 8.00. The Morgan fingerprint density at radius 3 is 2.41 bits per heavy atom. The van der Waals surface area contributed by atoms with E-state index in [1.807, 2.05) is 0 Å². The van der Waals surface area contributed by atoms with Crippen molar-refractivity contribution in [2.45, 2.75) is 25.9 Å². The topological polar surface area (TPSA) is 122 Å². The molecule has 0 aliphatic rings. The van der Waals surface area contributed by atoms with Gasteiger partial charge in [0, 0.05) is 11.8 Å². The van der Waals surface area contributed by atoms with E-state index in [0.29, 0.717) is 0 Å².